The average molecular weight is 274 g/mol. The van der Waals surface area contributed by atoms with Gasteiger partial charge in [0.1, 0.15) is 0 Å². The van der Waals surface area contributed by atoms with Gasteiger partial charge in [-0.2, -0.15) is 0 Å². The Morgan fingerprint density at radius 3 is 1.21 bits per heavy atom. The van der Waals surface area contributed by atoms with E-state index in [2.05, 4.69) is 27.7 Å². The number of ether oxygens (including phenoxy) is 1. The van der Waals surface area contributed by atoms with Crippen molar-refractivity contribution in [2.24, 2.45) is 0 Å². The maximum atomic E-state index is 10.2. The van der Waals surface area contributed by atoms with Crippen LogP contribution in [0.3, 0.4) is 0 Å². The Bertz CT molecular complexity index is 176. The number of hydrogen-bond donors (Lipinski definition) is 2. The van der Waals surface area contributed by atoms with Crippen molar-refractivity contribution < 1.29 is 14.9 Å². The molecule has 0 aliphatic heterocycles. The zero-order chi connectivity index (χ0) is 14.7. The minimum atomic E-state index is -0.405. The number of aliphatic hydroxyl groups excluding tert-OH is 2. The van der Waals surface area contributed by atoms with E-state index in [9.17, 15) is 10.2 Å². The Morgan fingerprint density at radius 1 is 0.632 bits per heavy atom. The van der Waals surface area contributed by atoms with Crippen molar-refractivity contribution in [3.63, 3.8) is 0 Å². The quantitative estimate of drug-likeness (QED) is 0.571. The van der Waals surface area contributed by atoms with Crippen LogP contribution in [0, 0.1) is 0 Å². The molecule has 0 aromatic carbocycles. The molecule has 116 valence electrons. The molecule has 0 bridgehead atoms. The summed E-state index contributed by atoms with van der Waals surface area (Å²) >= 11 is 0. The molecule has 19 heavy (non-hydrogen) atoms. The molecule has 4 unspecified atom stereocenters. The molecule has 0 heterocycles. The Morgan fingerprint density at radius 2 is 0.947 bits per heavy atom. The van der Waals surface area contributed by atoms with E-state index in [0.29, 0.717) is 0 Å². The van der Waals surface area contributed by atoms with Crippen molar-refractivity contribution in [2.75, 3.05) is 0 Å². The molecule has 0 rings (SSSR count). The van der Waals surface area contributed by atoms with Gasteiger partial charge in [0.05, 0.1) is 24.4 Å². The van der Waals surface area contributed by atoms with Crippen LogP contribution in [0.1, 0.15) is 79.1 Å². The Hall–Kier alpha value is -0.120. The standard InChI is InChI=1S/C16H34O3/c1-5-9-13(17)15(11-7-3)19-16(12-8-4)14(18)10-6-2/h13-18H,5-12H2,1-4H3. The van der Waals surface area contributed by atoms with Gasteiger partial charge in [0.15, 0.2) is 0 Å². The van der Waals surface area contributed by atoms with E-state index in [1.807, 2.05) is 0 Å². The van der Waals surface area contributed by atoms with E-state index in [1.54, 1.807) is 0 Å². The van der Waals surface area contributed by atoms with E-state index in [0.717, 1.165) is 51.4 Å². The van der Waals surface area contributed by atoms with Gasteiger partial charge in [0.25, 0.3) is 0 Å². The molecule has 0 spiro atoms. The summed E-state index contributed by atoms with van der Waals surface area (Å²) in [7, 11) is 0. The first kappa shape index (κ1) is 18.9. The first-order valence-electron chi connectivity index (χ1n) is 8.12. The van der Waals surface area contributed by atoms with E-state index >= 15 is 0 Å². The van der Waals surface area contributed by atoms with Gasteiger partial charge in [-0.15, -0.1) is 0 Å². The van der Waals surface area contributed by atoms with E-state index < -0.39 is 12.2 Å². The SMILES string of the molecule is CCCC(O)C(CCC)OC(CCC)C(O)CCC. The van der Waals surface area contributed by atoms with Crippen molar-refractivity contribution >= 4 is 0 Å². The van der Waals surface area contributed by atoms with Crippen LogP contribution in [0.2, 0.25) is 0 Å². The van der Waals surface area contributed by atoms with Gasteiger partial charge >= 0.3 is 0 Å². The molecule has 2 N–H and O–H groups in total. The maximum absolute atomic E-state index is 10.2. The molecule has 3 nitrogen and oxygen atoms in total. The molecular weight excluding hydrogens is 240 g/mol. The van der Waals surface area contributed by atoms with Crippen LogP contribution in [0.5, 0.6) is 0 Å². The summed E-state index contributed by atoms with van der Waals surface area (Å²) in [4.78, 5) is 0. The second kappa shape index (κ2) is 11.7. The topological polar surface area (TPSA) is 49.7 Å². The summed E-state index contributed by atoms with van der Waals surface area (Å²) in [5, 5.41) is 20.3. The molecule has 0 aromatic heterocycles. The highest BCUT2D eigenvalue weighted by Crippen LogP contribution is 2.20. The summed E-state index contributed by atoms with van der Waals surface area (Å²) in [6, 6.07) is 0. The summed E-state index contributed by atoms with van der Waals surface area (Å²) in [6.07, 6.45) is 6.10. The molecular formula is C16H34O3. The van der Waals surface area contributed by atoms with Gasteiger partial charge in [-0.05, 0) is 25.7 Å². The first-order valence-corrected chi connectivity index (χ1v) is 8.12. The van der Waals surface area contributed by atoms with Crippen molar-refractivity contribution in [2.45, 2.75) is 103 Å². The van der Waals surface area contributed by atoms with Gasteiger partial charge in [-0.3, -0.25) is 0 Å². The maximum Gasteiger partial charge on any atom is 0.0838 e. The highest BCUT2D eigenvalue weighted by Gasteiger charge is 2.26. The molecule has 0 radical (unpaired) electrons. The zero-order valence-corrected chi connectivity index (χ0v) is 13.3. The normalized spacial score (nSPS) is 18.0. The lowest BCUT2D eigenvalue weighted by Crippen LogP contribution is -2.38. The van der Waals surface area contributed by atoms with Gasteiger partial charge in [0.2, 0.25) is 0 Å². The monoisotopic (exact) mass is 274 g/mol. The second-order valence-corrected chi connectivity index (χ2v) is 5.50. The van der Waals surface area contributed by atoms with Gasteiger partial charge in [-0.1, -0.05) is 53.4 Å². The van der Waals surface area contributed by atoms with Crippen molar-refractivity contribution in [3.8, 4) is 0 Å². The van der Waals surface area contributed by atoms with Crippen molar-refractivity contribution in [1.29, 1.82) is 0 Å². The highest BCUT2D eigenvalue weighted by atomic mass is 16.5. The summed E-state index contributed by atoms with van der Waals surface area (Å²) in [5.41, 5.74) is 0. The van der Waals surface area contributed by atoms with Crippen LogP contribution in [0.25, 0.3) is 0 Å². The molecule has 0 aliphatic rings. The minimum Gasteiger partial charge on any atom is -0.390 e. The largest absolute Gasteiger partial charge is 0.390 e. The number of aliphatic hydroxyl groups is 2. The summed E-state index contributed by atoms with van der Waals surface area (Å²) in [6.45, 7) is 8.35. The Labute approximate surface area is 119 Å². The van der Waals surface area contributed by atoms with Crippen molar-refractivity contribution in [1.82, 2.24) is 0 Å². The number of hydrogen-bond acceptors (Lipinski definition) is 3. The fourth-order valence-electron chi connectivity index (χ4n) is 2.46. The van der Waals surface area contributed by atoms with Gasteiger partial charge in [0, 0.05) is 0 Å². The molecule has 0 aromatic rings. The number of rotatable bonds is 12. The van der Waals surface area contributed by atoms with Crippen LogP contribution < -0.4 is 0 Å². The lowest BCUT2D eigenvalue weighted by atomic mass is 10.0. The van der Waals surface area contributed by atoms with E-state index in [-0.39, 0.29) is 12.2 Å². The molecule has 0 saturated heterocycles. The predicted molar refractivity (Wildman–Crippen MR) is 80.3 cm³/mol. The molecule has 0 amide bonds. The summed E-state index contributed by atoms with van der Waals surface area (Å²) in [5.74, 6) is 0. The molecule has 0 aliphatic carbocycles. The minimum absolute atomic E-state index is 0.131. The highest BCUT2D eigenvalue weighted by molar-refractivity contribution is 4.75. The smallest absolute Gasteiger partial charge is 0.0838 e. The third kappa shape index (κ3) is 7.91. The first-order chi connectivity index (χ1) is 9.10. The Kier molecular flexibility index (Phi) is 11.6. The Balaban J connectivity index is 4.53. The third-order valence-corrected chi connectivity index (χ3v) is 3.52. The average Bonchev–Trinajstić information content (AvgIpc) is 2.37. The second-order valence-electron chi connectivity index (χ2n) is 5.50. The molecule has 0 fully saturated rings. The van der Waals surface area contributed by atoms with Gasteiger partial charge < -0.3 is 14.9 Å². The molecule has 4 atom stereocenters. The van der Waals surface area contributed by atoms with Crippen LogP contribution >= 0.6 is 0 Å². The van der Waals surface area contributed by atoms with Crippen LogP contribution in [0.15, 0.2) is 0 Å². The van der Waals surface area contributed by atoms with Crippen molar-refractivity contribution in [3.05, 3.63) is 0 Å². The third-order valence-electron chi connectivity index (χ3n) is 3.52. The van der Waals surface area contributed by atoms with Crippen LogP contribution in [-0.2, 0) is 4.74 Å². The molecule has 0 saturated carbocycles. The molecule has 3 heteroatoms. The lowest BCUT2D eigenvalue weighted by molar-refractivity contribution is -0.124. The fourth-order valence-corrected chi connectivity index (χ4v) is 2.46. The van der Waals surface area contributed by atoms with E-state index in [1.165, 1.54) is 0 Å². The van der Waals surface area contributed by atoms with Crippen LogP contribution in [-0.4, -0.2) is 34.6 Å². The van der Waals surface area contributed by atoms with Crippen LogP contribution in [0.4, 0.5) is 0 Å². The summed E-state index contributed by atoms with van der Waals surface area (Å²) < 4.78 is 6.06. The fraction of sp³-hybridized carbons (Fsp3) is 1.00. The lowest BCUT2D eigenvalue weighted by Gasteiger charge is -2.30. The van der Waals surface area contributed by atoms with Gasteiger partial charge in [-0.25, -0.2) is 0 Å². The van der Waals surface area contributed by atoms with E-state index in [4.69, 9.17) is 4.74 Å². The zero-order valence-electron chi connectivity index (χ0n) is 13.3. The predicted octanol–water partition coefficient (Wildman–Crippen LogP) is 3.66.